The molecule has 1 aromatic rings. The van der Waals surface area contributed by atoms with Crippen molar-refractivity contribution in [1.29, 1.82) is 0 Å². The minimum atomic E-state index is -0.222. The van der Waals surface area contributed by atoms with Crippen LogP contribution in [0.4, 0.5) is 0 Å². The summed E-state index contributed by atoms with van der Waals surface area (Å²) in [6, 6.07) is 8.48. The summed E-state index contributed by atoms with van der Waals surface area (Å²) in [4.78, 5) is -0.222. The molecule has 68 valence electrons. The molecular formula is C10H14Cl2. The van der Waals surface area contributed by atoms with Crippen molar-refractivity contribution in [2.75, 3.05) is 0 Å². The predicted octanol–water partition coefficient (Wildman–Crippen LogP) is 4.11. The largest absolute Gasteiger partial charge is 0.106 e. The van der Waals surface area contributed by atoms with Crippen molar-refractivity contribution in [3.05, 3.63) is 35.4 Å². The monoisotopic (exact) mass is 204 g/mol. The first-order valence-electron chi connectivity index (χ1n) is 3.84. The predicted molar refractivity (Wildman–Crippen MR) is 57.1 cm³/mol. The Morgan fingerprint density at radius 1 is 0.917 bits per heavy atom. The van der Waals surface area contributed by atoms with Crippen LogP contribution in [0.5, 0.6) is 0 Å². The van der Waals surface area contributed by atoms with Crippen LogP contribution in [0.2, 0.25) is 0 Å². The fraction of sp³-hybridized carbons (Fsp3) is 0.400. The maximum Gasteiger partial charge on any atom is 0.105 e. The highest BCUT2D eigenvalue weighted by atomic mass is 35.5. The topological polar surface area (TPSA) is 0 Å². The molecule has 12 heavy (non-hydrogen) atoms. The first-order chi connectivity index (χ1) is 5.52. The van der Waals surface area contributed by atoms with Crippen LogP contribution >= 0.6 is 23.2 Å². The Labute approximate surface area is 84.5 Å². The van der Waals surface area contributed by atoms with Crippen LogP contribution in [0.1, 0.15) is 18.1 Å². The van der Waals surface area contributed by atoms with E-state index in [-0.39, 0.29) is 4.84 Å². The maximum atomic E-state index is 5.04. The summed E-state index contributed by atoms with van der Waals surface area (Å²) in [7, 11) is 0. The molecule has 0 aliphatic carbocycles. The summed E-state index contributed by atoms with van der Waals surface area (Å²) in [6.45, 7) is 5.89. The van der Waals surface area contributed by atoms with Crippen molar-refractivity contribution in [2.45, 2.75) is 25.6 Å². The summed E-state index contributed by atoms with van der Waals surface area (Å²) in [5, 5.41) is 0. The summed E-state index contributed by atoms with van der Waals surface area (Å²) in [5.41, 5.74) is 2.66. The standard InChI is InChI=1S/C8H10.C2H4Cl2/c1-7-3-5-8(2)6-4-7;1-2(3)4/h3-6H,1-2H3;2H,1H3. The lowest BCUT2D eigenvalue weighted by Crippen LogP contribution is -1.70. The zero-order valence-electron chi connectivity index (χ0n) is 7.64. The molecule has 0 aliphatic heterocycles. The fourth-order valence-electron chi connectivity index (χ4n) is 0.637. The van der Waals surface area contributed by atoms with Gasteiger partial charge in [0, 0.05) is 0 Å². The van der Waals surface area contributed by atoms with Gasteiger partial charge in [-0.15, -0.1) is 23.2 Å². The molecule has 0 fully saturated rings. The van der Waals surface area contributed by atoms with Gasteiger partial charge < -0.3 is 0 Å². The van der Waals surface area contributed by atoms with Crippen LogP contribution in [-0.2, 0) is 0 Å². The average molecular weight is 205 g/mol. The van der Waals surface area contributed by atoms with Gasteiger partial charge in [0.25, 0.3) is 0 Å². The number of benzene rings is 1. The molecule has 0 N–H and O–H groups in total. The lowest BCUT2D eigenvalue weighted by atomic mass is 10.2. The normalized spacial score (nSPS) is 9.17. The van der Waals surface area contributed by atoms with E-state index in [4.69, 9.17) is 23.2 Å². The van der Waals surface area contributed by atoms with Crippen molar-refractivity contribution in [3.8, 4) is 0 Å². The number of hydrogen-bond donors (Lipinski definition) is 0. The van der Waals surface area contributed by atoms with Crippen molar-refractivity contribution in [3.63, 3.8) is 0 Å². The van der Waals surface area contributed by atoms with Crippen molar-refractivity contribution in [1.82, 2.24) is 0 Å². The number of hydrogen-bond acceptors (Lipinski definition) is 0. The highest BCUT2D eigenvalue weighted by Crippen LogP contribution is 1.99. The molecule has 0 aromatic heterocycles. The van der Waals surface area contributed by atoms with Crippen LogP contribution in [-0.4, -0.2) is 4.84 Å². The molecule has 0 radical (unpaired) electrons. The van der Waals surface area contributed by atoms with Gasteiger partial charge >= 0.3 is 0 Å². The third kappa shape index (κ3) is 7.90. The number of rotatable bonds is 0. The van der Waals surface area contributed by atoms with Gasteiger partial charge in [-0.3, -0.25) is 0 Å². The van der Waals surface area contributed by atoms with E-state index in [0.717, 1.165) is 0 Å². The van der Waals surface area contributed by atoms with E-state index in [1.54, 1.807) is 6.92 Å². The van der Waals surface area contributed by atoms with Crippen molar-refractivity contribution < 1.29 is 0 Å². The highest BCUT2D eigenvalue weighted by molar-refractivity contribution is 6.43. The minimum Gasteiger partial charge on any atom is -0.106 e. The Balaban J connectivity index is 0.000000261. The van der Waals surface area contributed by atoms with Crippen LogP contribution in [0.15, 0.2) is 24.3 Å². The molecule has 0 atom stereocenters. The van der Waals surface area contributed by atoms with Gasteiger partial charge in [0.05, 0.1) is 0 Å². The molecule has 2 heteroatoms. The quantitative estimate of drug-likeness (QED) is 0.559. The smallest absolute Gasteiger partial charge is 0.105 e. The molecule has 0 unspecified atom stereocenters. The molecule has 0 spiro atoms. The molecule has 0 heterocycles. The van der Waals surface area contributed by atoms with E-state index in [0.29, 0.717) is 0 Å². The number of aryl methyl sites for hydroxylation is 2. The molecule has 0 aliphatic rings. The van der Waals surface area contributed by atoms with Gasteiger partial charge in [-0.25, -0.2) is 0 Å². The third-order valence-electron chi connectivity index (χ3n) is 1.22. The lowest BCUT2D eigenvalue weighted by molar-refractivity contribution is 1.39. The number of halogens is 2. The third-order valence-corrected chi connectivity index (χ3v) is 1.22. The van der Waals surface area contributed by atoms with Crippen molar-refractivity contribution >= 4 is 23.2 Å². The average Bonchev–Trinajstić information content (AvgIpc) is 1.94. The Hall–Kier alpha value is -0.200. The second kappa shape index (κ2) is 6.33. The highest BCUT2D eigenvalue weighted by Gasteiger charge is 1.79. The molecule has 0 saturated heterocycles. The minimum absolute atomic E-state index is 0.222. The molecular weight excluding hydrogens is 191 g/mol. The lowest BCUT2D eigenvalue weighted by Gasteiger charge is -1.90. The summed E-state index contributed by atoms with van der Waals surface area (Å²) in [5.74, 6) is 0. The van der Waals surface area contributed by atoms with Crippen molar-refractivity contribution in [2.24, 2.45) is 0 Å². The first kappa shape index (κ1) is 11.8. The van der Waals surface area contributed by atoms with Crippen LogP contribution in [0, 0.1) is 13.8 Å². The molecule has 0 nitrogen and oxygen atoms in total. The van der Waals surface area contributed by atoms with E-state index in [1.807, 2.05) is 0 Å². The zero-order chi connectivity index (χ0) is 9.56. The SMILES string of the molecule is CC(Cl)Cl.Cc1ccc(C)cc1. The fourth-order valence-corrected chi connectivity index (χ4v) is 0.637. The first-order valence-corrected chi connectivity index (χ1v) is 4.71. The Morgan fingerprint density at radius 3 is 1.25 bits per heavy atom. The van der Waals surface area contributed by atoms with E-state index in [1.165, 1.54) is 11.1 Å². The van der Waals surface area contributed by atoms with E-state index >= 15 is 0 Å². The Morgan fingerprint density at radius 2 is 1.08 bits per heavy atom. The number of alkyl halides is 2. The molecule has 0 bridgehead atoms. The second-order valence-corrected chi connectivity index (χ2v) is 4.21. The van der Waals surface area contributed by atoms with Gasteiger partial charge in [-0.1, -0.05) is 35.4 Å². The van der Waals surface area contributed by atoms with Gasteiger partial charge in [-0.05, 0) is 20.8 Å². The van der Waals surface area contributed by atoms with Crippen LogP contribution < -0.4 is 0 Å². The van der Waals surface area contributed by atoms with Gasteiger partial charge in [0.1, 0.15) is 4.84 Å². The van der Waals surface area contributed by atoms with Crippen LogP contribution in [0.25, 0.3) is 0 Å². The molecule has 0 amide bonds. The summed E-state index contributed by atoms with van der Waals surface area (Å²) >= 11 is 10.1. The van der Waals surface area contributed by atoms with Gasteiger partial charge in [-0.2, -0.15) is 0 Å². The molecule has 1 rings (SSSR count). The summed E-state index contributed by atoms with van der Waals surface area (Å²) in [6.07, 6.45) is 0. The zero-order valence-corrected chi connectivity index (χ0v) is 9.15. The maximum absolute atomic E-state index is 5.04. The van der Waals surface area contributed by atoms with Gasteiger partial charge in [0.15, 0.2) is 0 Å². The van der Waals surface area contributed by atoms with Gasteiger partial charge in [0.2, 0.25) is 0 Å². The molecule has 0 saturated carbocycles. The van der Waals surface area contributed by atoms with E-state index in [2.05, 4.69) is 38.1 Å². The molecule has 1 aromatic carbocycles. The second-order valence-electron chi connectivity index (χ2n) is 2.67. The van der Waals surface area contributed by atoms with E-state index in [9.17, 15) is 0 Å². The van der Waals surface area contributed by atoms with E-state index < -0.39 is 0 Å². The Bertz CT molecular complexity index is 178. The van der Waals surface area contributed by atoms with Crippen LogP contribution in [0.3, 0.4) is 0 Å². The Kier molecular flexibility index (Phi) is 6.23. The summed E-state index contributed by atoms with van der Waals surface area (Å²) < 4.78 is 0.